The molecule has 0 radical (unpaired) electrons. The zero-order valence-electron chi connectivity index (χ0n) is 14.3. The van der Waals surface area contributed by atoms with Crippen LogP contribution in [0, 0.1) is 0 Å². The number of likely N-dealkylation sites (tertiary alicyclic amines) is 1. The summed E-state index contributed by atoms with van der Waals surface area (Å²) in [4.78, 5) is 18.3. The van der Waals surface area contributed by atoms with E-state index in [0.717, 1.165) is 38.1 Å². The third kappa shape index (κ3) is 4.19. The minimum absolute atomic E-state index is 0.0961. The quantitative estimate of drug-likeness (QED) is 0.642. The summed E-state index contributed by atoms with van der Waals surface area (Å²) in [6.07, 6.45) is 4.44. The molecule has 1 fully saturated rings. The number of rotatable bonds is 4. The number of hydrogen-bond donors (Lipinski definition) is 2. The van der Waals surface area contributed by atoms with Crippen LogP contribution in [0.25, 0.3) is 0 Å². The van der Waals surface area contributed by atoms with Gasteiger partial charge in [0, 0.05) is 26.6 Å². The number of amides is 1. The molecule has 1 atom stereocenters. The highest BCUT2D eigenvalue weighted by molar-refractivity contribution is 5.86. The summed E-state index contributed by atoms with van der Waals surface area (Å²) in [5.41, 5.74) is 1.24. The monoisotopic (exact) mass is 330 g/mol. The number of aliphatic imine (C=N–C) groups is 1. The average Bonchev–Trinajstić information content (AvgIpc) is 3.05. The van der Waals surface area contributed by atoms with E-state index in [9.17, 15) is 4.79 Å². The fourth-order valence-corrected chi connectivity index (χ4v) is 3.21. The first kappa shape index (κ1) is 16.6. The largest absolute Gasteiger partial charge is 0.488 e. The molecule has 2 N–H and O–H groups in total. The molecular formula is C18H26N4O2. The van der Waals surface area contributed by atoms with Gasteiger partial charge < -0.3 is 20.3 Å². The smallest absolute Gasteiger partial charge is 0.241 e. The summed E-state index contributed by atoms with van der Waals surface area (Å²) in [5, 5.41) is 6.35. The summed E-state index contributed by atoms with van der Waals surface area (Å²) in [7, 11) is 1.71. The van der Waals surface area contributed by atoms with Crippen LogP contribution < -0.4 is 15.4 Å². The summed E-state index contributed by atoms with van der Waals surface area (Å²) in [6.45, 7) is 2.69. The van der Waals surface area contributed by atoms with E-state index in [1.807, 2.05) is 23.1 Å². The van der Waals surface area contributed by atoms with Crippen LogP contribution in [-0.4, -0.2) is 56.1 Å². The molecule has 130 valence electrons. The van der Waals surface area contributed by atoms with Crippen LogP contribution in [0.15, 0.2) is 29.3 Å². The number of carbonyl (C=O) groups is 1. The van der Waals surface area contributed by atoms with Crippen molar-refractivity contribution in [1.82, 2.24) is 15.5 Å². The molecular weight excluding hydrogens is 304 g/mol. The molecule has 2 heterocycles. The van der Waals surface area contributed by atoms with E-state index in [0.29, 0.717) is 12.5 Å². The van der Waals surface area contributed by atoms with E-state index < -0.39 is 0 Å². The van der Waals surface area contributed by atoms with Crippen molar-refractivity contribution in [3.63, 3.8) is 0 Å². The second-order valence-electron chi connectivity index (χ2n) is 6.30. The van der Waals surface area contributed by atoms with Crippen molar-refractivity contribution >= 4 is 11.9 Å². The Kier molecular flexibility index (Phi) is 5.56. The highest BCUT2D eigenvalue weighted by atomic mass is 16.5. The number of nitrogens with one attached hydrogen (secondary N) is 2. The highest BCUT2D eigenvalue weighted by Gasteiger charge is 2.22. The van der Waals surface area contributed by atoms with Crippen molar-refractivity contribution in [2.24, 2.45) is 4.99 Å². The predicted molar refractivity (Wildman–Crippen MR) is 94.4 cm³/mol. The Hall–Kier alpha value is -2.24. The first-order chi connectivity index (χ1) is 11.8. The topological polar surface area (TPSA) is 66.0 Å². The van der Waals surface area contributed by atoms with Gasteiger partial charge in [0.1, 0.15) is 11.9 Å². The molecule has 2 aliphatic rings. The minimum Gasteiger partial charge on any atom is -0.488 e. The summed E-state index contributed by atoms with van der Waals surface area (Å²) in [6, 6.07) is 8.12. The Bertz CT molecular complexity index is 571. The molecule has 6 nitrogen and oxygen atoms in total. The van der Waals surface area contributed by atoms with Crippen molar-refractivity contribution in [3.8, 4) is 5.75 Å². The number of fused-ring (bicyclic) bond motifs is 1. The van der Waals surface area contributed by atoms with E-state index in [4.69, 9.17) is 4.74 Å². The Morgan fingerprint density at radius 1 is 1.25 bits per heavy atom. The van der Waals surface area contributed by atoms with Gasteiger partial charge in [0.15, 0.2) is 5.96 Å². The van der Waals surface area contributed by atoms with Crippen molar-refractivity contribution in [1.29, 1.82) is 0 Å². The van der Waals surface area contributed by atoms with Crippen LogP contribution in [0.5, 0.6) is 5.75 Å². The van der Waals surface area contributed by atoms with Gasteiger partial charge in [-0.25, -0.2) is 0 Å². The van der Waals surface area contributed by atoms with Crippen molar-refractivity contribution in [2.75, 3.05) is 33.2 Å². The lowest BCUT2D eigenvalue weighted by molar-refractivity contribution is -0.130. The Labute approximate surface area is 143 Å². The van der Waals surface area contributed by atoms with Gasteiger partial charge >= 0.3 is 0 Å². The Morgan fingerprint density at radius 3 is 2.79 bits per heavy atom. The molecule has 0 aliphatic carbocycles. The number of ether oxygens (including phenoxy) is 1. The molecule has 0 aromatic heterocycles. The first-order valence-electron chi connectivity index (χ1n) is 8.73. The van der Waals surface area contributed by atoms with Gasteiger partial charge in [-0.2, -0.15) is 0 Å². The predicted octanol–water partition coefficient (Wildman–Crippen LogP) is 1.17. The molecule has 6 heteroatoms. The summed E-state index contributed by atoms with van der Waals surface area (Å²) < 4.78 is 5.90. The number of carbonyl (C=O) groups excluding carboxylic acids is 1. The van der Waals surface area contributed by atoms with Gasteiger partial charge in [-0.15, -0.1) is 0 Å². The van der Waals surface area contributed by atoms with Gasteiger partial charge in [0.25, 0.3) is 0 Å². The van der Waals surface area contributed by atoms with Gasteiger partial charge in [-0.1, -0.05) is 18.2 Å². The molecule has 1 aromatic carbocycles. The maximum atomic E-state index is 12.2. The normalized spacial score (nSPS) is 20.3. The third-order valence-corrected chi connectivity index (χ3v) is 4.55. The van der Waals surface area contributed by atoms with Crippen LogP contribution in [0.1, 0.15) is 24.8 Å². The molecule has 1 saturated heterocycles. The van der Waals surface area contributed by atoms with Crippen LogP contribution in [-0.2, 0) is 11.2 Å². The van der Waals surface area contributed by atoms with Gasteiger partial charge in [0.2, 0.25) is 5.91 Å². The maximum Gasteiger partial charge on any atom is 0.241 e. The molecule has 0 spiro atoms. The second kappa shape index (κ2) is 8.04. The lowest BCUT2D eigenvalue weighted by Gasteiger charge is -2.27. The third-order valence-electron chi connectivity index (χ3n) is 4.55. The highest BCUT2D eigenvalue weighted by Crippen LogP contribution is 2.27. The Balaban J connectivity index is 1.40. The van der Waals surface area contributed by atoms with Crippen molar-refractivity contribution in [3.05, 3.63) is 29.8 Å². The number of para-hydroxylation sites is 1. The number of hydrogen-bond acceptors (Lipinski definition) is 3. The summed E-state index contributed by atoms with van der Waals surface area (Å²) >= 11 is 0. The number of guanidine groups is 1. The van der Waals surface area contributed by atoms with E-state index in [-0.39, 0.29) is 18.6 Å². The van der Waals surface area contributed by atoms with Gasteiger partial charge in [-0.3, -0.25) is 9.79 Å². The van der Waals surface area contributed by atoms with Crippen LogP contribution in [0.3, 0.4) is 0 Å². The fraction of sp³-hybridized carbons (Fsp3) is 0.556. The second-order valence-corrected chi connectivity index (χ2v) is 6.30. The standard InChI is InChI=1S/C18H26N4O2/c1-19-18(21-13-17(23)22-9-5-2-6-10-22)20-12-15-11-14-7-3-4-8-16(14)24-15/h3-4,7-8,15H,2,5-6,9-13H2,1H3,(H2,19,20,21). The minimum atomic E-state index is 0.0961. The molecule has 24 heavy (non-hydrogen) atoms. The van der Waals surface area contributed by atoms with Crippen molar-refractivity contribution in [2.45, 2.75) is 31.8 Å². The van der Waals surface area contributed by atoms with E-state index in [2.05, 4.69) is 21.7 Å². The zero-order valence-corrected chi connectivity index (χ0v) is 14.3. The number of nitrogens with zero attached hydrogens (tertiary/aromatic N) is 2. The van der Waals surface area contributed by atoms with Crippen LogP contribution >= 0.6 is 0 Å². The van der Waals surface area contributed by atoms with E-state index in [1.54, 1.807) is 7.05 Å². The molecule has 0 saturated carbocycles. The first-order valence-corrected chi connectivity index (χ1v) is 8.73. The van der Waals surface area contributed by atoms with E-state index in [1.165, 1.54) is 12.0 Å². The van der Waals surface area contributed by atoms with E-state index >= 15 is 0 Å². The maximum absolute atomic E-state index is 12.2. The molecule has 3 rings (SSSR count). The molecule has 0 bridgehead atoms. The van der Waals surface area contributed by atoms with Crippen LogP contribution in [0.4, 0.5) is 0 Å². The molecule has 1 aromatic rings. The van der Waals surface area contributed by atoms with Crippen LogP contribution in [0.2, 0.25) is 0 Å². The SMILES string of the molecule is CN=C(NCC(=O)N1CCCCC1)NCC1Cc2ccccc2O1. The lowest BCUT2D eigenvalue weighted by atomic mass is 10.1. The summed E-state index contributed by atoms with van der Waals surface area (Å²) in [5.74, 6) is 1.75. The fourth-order valence-electron chi connectivity index (χ4n) is 3.21. The lowest BCUT2D eigenvalue weighted by Crippen LogP contribution is -2.47. The van der Waals surface area contributed by atoms with Gasteiger partial charge in [-0.05, 0) is 30.9 Å². The molecule has 1 unspecified atom stereocenters. The van der Waals surface area contributed by atoms with Crippen molar-refractivity contribution < 1.29 is 9.53 Å². The molecule has 1 amide bonds. The average molecular weight is 330 g/mol. The zero-order chi connectivity index (χ0) is 16.8. The van der Waals surface area contributed by atoms with Gasteiger partial charge in [0.05, 0.1) is 13.1 Å². The number of benzene rings is 1. The Morgan fingerprint density at radius 2 is 2.04 bits per heavy atom. The molecule has 2 aliphatic heterocycles. The number of piperidine rings is 1.